The minimum atomic E-state index is 0.334. The molecule has 0 radical (unpaired) electrons. The Morgan fingerprint density at radius 3 is 2.71 bits per heavy atom. The van der Waals surface area contributed by atoms with Gasteiger partial charge in [-0.25, -0.2) is 4.58 Å². The van der Waals surface area contributed by atoms with Gasteiger partial charge in [0.05, 0.1) is 6.61 Å². The fourth-order valence-corrected chi connectivity index (χ4v) is 1.09. The molecule has 0 aliphatic heterocycles. The van der Waals surface area contributed by atoms with E-state index in [1.165, 1.54) is 0 Å². The van der Waals surface area contributed by atoms with Crippen molar-refractivity contribution in [1.82, 2.24) is 0 Å². The summed E-state index contributed by atoms with van der Waals surface area (Å²) in [4.78, 5) is 0. The number of benzene rings is 1. The molecule has 1 aromatic rings. The summed E-state index contributed by atoms with van der Waals surface area (Å²) in [6.07, 6.45) is 2.37. The molecule has 0 saturated carbocycles. The van der Waals surface area contributed by atoms with Crippen molar-refractivity contribution < 1.29 is 14.4 Å². The first-order chi connectivity index (χ1) is 6.70. The van der Waals surface area contributed by atoms with Gasteiger partial charge in [0.15, 0.2) is 0 Å². The van der Waals surface area contributed by atoms with Crippen molar-refractivity contribution in [2.45, 2.75) is 6.42 Å². The van der Waals surface area contributed by atoms with Crippen LogP contribution in [-0.4, -0.2) is 36.8 Å². The monoisotopic (exact) mass is 194 g/mol. The van der Waals surface area contributed by atoms with Gasteiger partial charge in [0.2, 0.25) is 0 Å². The number of hydrogen-bond donors (Lipinski definition) is 1. The fourth-order valence-electron chi connectivity index (χ4n) is 1.09. The lowest BCUT2D eigenvalue weighted by Gasteiger charge is -2.02. The second-order valence-corrected chi connectivity index (χ2v) is 3.32. The molecule has 0 aliphatic carbocycles. The normalized spacial score (nSPS) is 9.57. The predicted molar refractivity (Wildman–Crippen MR) is 55.9 cm³/mol. The second-order valence-electron chi connectivity index (χ2n) is 3.32. The Kier molecular flexibility index (Phi) is 3.98. The summed E-state index contributed by atoms with van der Waals surface area (Å²) in [6.45, 7) is 0.579. The predicted octanol–water partition coefficient (Wildman–Crippen LogP) is 1.25. The first-order valence-electron chi connectivity index (χ1n) is 4.58. The molecule has 0 aliphatic rings. The molecule has 0 atom stereocenters. The topological polar surface area (TPSA) is 32.5 Å². The van der Waals surface area contributed by atoms with Crippen LogP contribution >= 0.6 is 0 Å². The number of hydrogen-bond acceptors (Lipinski definition) is 2. The van der Waals surface area contributed by atoms with Crippen LogP contribution in [0, 0.1) is 0 Å². The van der Waals surface area contributed by atoms with Crippen LogP contribution in [0.1, 0.15) is 5.56 Å². The van der Waals surface area contributed by atoms with Crippen LogP contribution in [0.4, 0.5) is 0 Å². The van der Waals surface area contributed by atoms with Crippen LogP contribution in [-0.2, 0) is 11.2 Å². The molecule has 0 amide bonds. The average molecular weight is 194 g/mol. The average Bonchev–Trinajstić information content (AvgIpc) is 2.15. The lowest BCUT2D eigenvalue weighted by molar-refractivity contribution is -0.468. The largest absolute Gasteiger partial charge is 0.508 e. The Hall–Kier alpha value is -1.51. The molecule has 1 N–H and O–H groups in total. The zero-order valence-corrected chi connectivity index (χ0v) is 8.60. The first kappa shape index (κ1) is 10.6. The molecular weight excluding hydrogens is 178 g/mol. The molecule has 76 valence electrons. The smallest absolute Gasteiger partial charge is 0.323 e. The molecule has 0 unspecified atom stereocenters. The highest BCUT2D eigenvalue weighted by molar-refractivity contribution is 5.39. The quantitative estimate of drug-likeness (QED) is 0.338. The molecule has 1 rings (SSSR count). The third-order valence-corrected chi connectivity index (χ3v) is 1.77. The second kappa shape index (κ2) is 5.27. The van der Waals surface area contributed by atoms with Crippen LogP contribution in [0.15, 0.2) is 24.3 Å². The molecular formula is C11H16NO2+. The van der Waals surface area contributed by atoms with E-state index in [1.54, 1.807) is 12.5 Å². The van der Waals surface area contributed by atoms with Crippen molar-refractivity contribution >= 4 is 6.40 Å². The molecule has 1 aromatic carbocycles. The van der Waals surface area contributed by atoms with Gasteiger partial charge in [0, 0.05) is 6.42 Å². The van der Waals surface area contributed by atoms with Crippen molar-refractivity contribution in [3.05, 3.63) is 29.8 Å². The number of para-hydroxylation sites is 1. The molecule has 0 spiro atoms. The van der Waals surface area contributed by atoms with Crippen LogP contribution in [0.25, 0.3) is 0 Å². The molecule has 3 heteroatoms. The van der Waals surface area contributed by atoms with E-state index >= 15 is 0 Å². The lowest BCUT2D eigenvalue weighted by Crippen LogP contribution is -2.05. The summed E-state index contributed by atoms with van der Waals surface area (Å²) in [5.41, 5.74) is 0.916. The number of nitrogens with zero attached hydrogens (tertiary/aromatic N) is 1. The molecule has 3 nitrogen and oxygen atoms in total. The van der Waals surface area contributed by atoms with Crippen LogP contribution in [0.2, 0.25) is 0 Å². The van der Waals surface area contributed by atoms with Crippen molar-refractivity contribution in [3.63, 3.8) is 0 Å². The van der Waals surface area contributed by atoms with Gasteiger partial charge in [0.1, 0.15) is 19.8 Å². The van der Waals surface area contributed by atoms with Gasteiger partial charge in [-0.15, -0.1) is 0 Å². The Morgan fingerprint density at radius 2 is 2.07 bits per heavy atom. The molecule has 0 aromatic heterocycles. The SMILES string of the molecule is C[N+](C)=COCCc1ccccc1O. The highest BCUT2D eigenvalue weighted by Crippen LogP contribution is 2.15. The van der Waals surface area contributed by atoms with Crippen LogP contribution in [0.5, 0.6) is 5.75 Å². The zero-order valence-electron chi connectivity index (χ0n) is 8.60. The summed E-state index contributed by atoms with van der Waals surface area (Å²) >= 11 is 0. The fraction of sp³-hybridized carbons (Fsp3) is 0.364. The number of ether oxygens (including phenoxy) is 1. The summed E-state index contributed by atoms with van der Waals surface area (Å²) in [6, 6.07) is 7.30. The summed E-state index contributed by atoms with van der Waals surface area (Å²) in [5, 5.41) is 9.44. The third kappa shape index (κ3) is 3.47. The number of phenolic OH excluding ortho intramolecular Hbond substituents is 1. The first-order valence-corrected chi connectivity index (χ1v) is 4.58. The van der Waals surface area contributed by atoms with E-state index in [-0.39, 0.29) is 0 Å². The van der Waals surface area contributed by atoms with Gasteiger partial charge in [-0.2, -0.15) is 0 Å². The van der Waals surface area contributed by atoms with E-state index in [0.29, 0.717) is 12.4 Å². The molecule has 0 fully saturated rings. The standard InChI is InChI=1S/C11H15NO2/c1-12(2)9-14-8-7-10-5-3-4-6-11(10)13/h3-6,9H,7-8H2,1-2H3/p+1. The van der Waals surface area contributed by atoms with Crippen molar-refractivity contribution in [2.24, 2.45) is 0 Å². The van der Waals surface area contributed by atoms with E-state index in [4.69, 9.17) is 4.74 Å². The third-order valence-electron chi connectivity index (χ3n) is 1.77. The minimum Gasteiger partial charge on any atom is -0.508 e. The van der Waals surface area contributed by atoms with E-state index in [1.807, 2.05) is 36.9 Å². The summed E-state index contributed by atoms with van der Waals surface area (Å²) in [7, 11) is 3.81. The Balaban J connectivity index is 2.39. The van der Waals surface area contributed by atoms with Gasteiger partial charge in [0.25, 0.3) is 0 Å². The number of rotatable bonds is 4. The molecule has 0 saturated heterocycles. The van der Waals surface area contributed by atoms with E-state index in [2.05, 4.69) is 0 Å². The lowest BCUT2D eigenvalue weighted by atomic mass is 10.1. The maximum absolute atomic E-state index is 9.44. The zero-order chi connectivity index (χ0) is 10.4. The van der Waals surface area contributed by atoms with E-state index in [9.17, 15) is 5.11 Å². The van der Waals surface area contributed by atoms with Gasteiger partial charge in [-0.3, -0.25) is 0 Å². The van der Waals surface area contributed by atoms with Crippen molar-refractivity contribution in [3.8, 4) is 5.75 Å². The Morgan fingerprint density at radius 1 is 1.36 bits per heavy atom. The van der Waals surface area contributed by atoms with Gasteiger partial charge in [-0.05, 0) is 11.6 Å². The Bertz CT molecular complexity index is 317. The van der Waals surface area contributed by atoms with E-state index < -0.39 is 0 Å². The summed E-state index contributed by atoms with van der Waals surface area (Å²) in [5.74, 6) is 0.334. The van der Waals surface area contributed by atoms with Gasteiger partial charge >= 0.3 is 6.40 Å². The van der Waals surface area contributed by atoms with E-state index in [0.717, 1.165) is 12.0 Å². The van der Waals surface area contributed by atoms with Crippen molar-refractivity contribution in [2.75, 3.05) is 20.7 Å². The molecule has 0 bridgehead atoms. The van der Waals surface area contributed by atoms with Gasteiger partial charge < -0.3 is 9.84 Å². The minimum absolute atomic E-state index is 0.334. The highest BCUT2D eigenvalue weighted by Gasteiger charge is 1.98. The Labute approximate surface area is 84.3 Å². The highest BCUT2D eigenvalue weighted by atomic mass is 16.5. The summed E-state index contributed by atoms with van der Waals surface area (Å²) < 4.78 is 7.08. The molecule has 14 heavy (non-hydrogen) atoms. The number of aromatic hydroxyl groups is 1. The van der Waals surface area contributed by atoms with Crippen LogP contribution in [0.3, 0.4) is 0 Å². The van der Waals surface area contributed by atoms with Crippen molar-refractivity contribution in [1.29, 1.82) is 0 Å². The maximum Gasteiger partial charge on any atom is 0.323 e. The number of phenols is 1. The maximum atomic E-state index is 9.44. The van der Waals surface area contributed by atoms with Gasteiger partial charge in [-0.1, -0.05) is 18.2 Å². The molecule has 0 heterocycles. The van der Waals surface area contributed by atoms with Crippen LogP contribution < -0.4 is 0 Å².